The third-order valence-electron chi connectivity index (χ3n) is 4.26. The van der Waals surface area contributed by atoms with E-state index in [1.165, 1.54) is 0 Å². The zero-order valence-electron chi connectivity index (χ0n) is 13.3. The molecule has 0 aromatic carbocycles. The van der Waals surface area contributed by atoms with Crippen LogP contribution in [0, 0.1) is 6.92 Å². The molecule has 1 atom stereocenters. The van der Waals surface area contributed by atoms with E-state index < -0.39 is 0 Å². The highest BCUT2D eigenvalue weighted by atomic mass is 16.5. The van der Waals surface area contributed by atoms with Gasteiger partial charge in [-0.1, -0.05) is 12.1 Å². The summed E-state index contributed by atoms with van der Waals surface area (Å²) in [7, 11) is 0. The molecule has 1 aliphatic rings. The maximum atomic E-state index is 5.27. The van der Waals surface area contributed by atoms with Crippen LogP contribution in [0.25, 0.3) is 5.78 Å². The second kappa shape index (κ2) is 5.60. The van der Waals surface area contributed by atoms with E-state index in [0.29, 0.717) is 11.7 Å². The van der Waals surface area contributed by atoms with E-state index in [2.05, 4.69) is 36.2 Å². The molecule has 4 heterocycles. The molecule has 4 rings (SSSR count). The number of fused-ring (bicyclic) bond motifs is 1. The lowest BCUT2D eigenvalue weighted by molar-refractivity contribution is 0.367. The fourth-order valence-electron chi connectivity index (χ4n) is 3.11. The van der Waals surface area contributed by atoms with E-state index in [1.807, 2.05) is 13.8 Å². The Kier molecular flexibility index (Phi) is 3.44. The molecule has 0 unspecified atom stereocenters. The standard InChI is InChI=1S/C15H19N7O/c1-3-12-19-14(20-23-12)11-5-4-6-21(8-11)13-7-10(2)18-15-16-9-17-22(13)15/h7,9,11H,3-6,8H2,1-2H3/t11-/m0/s1. The van der Waals surface area contributed by atoms with Gasteiger partial charge < -0.3 is 9.42 Å². The molecule has 0 N–H and O–H groups in total. The Morgan fingerprint density at radius 2 is 2.26 bits per heavy atom. The van der Waals surface area contributed by atoms with Gasteiger partial charge in [0.25, 0.3) is 5.78 Å². The van der Waals surface area contributed by atoms with E-state index in [-0.39, 0.29) is 5.92 Å². The summed E-state index contributed by atoms with van der Waals surface area (Å²) in [6, 6.07) is 2.05. The monoisotopic (exact) mass is 313 g/mol. The Balaban J connectivity index is 1.64. The molecule has 8 heteroatoms. The number of aromatic nitrogens is 6. The first-order chi connectivity index (χ1) is 11.2. The van der Waals surface area contributed by atoms with Crippen molar-refractivity contribution in [3.05, 3.63) is 29.8 Å². The van der Waals surface area contributed by atoms with E-state index in [1.54, 1.807) is 10.8 Å². The highest BCUT2D eigenvalue weighted by Crippen LogP contribution is 2.28. The van der Waals surface area contributed by atoms with Crippen molar-refractivity contribution in [2.45, 2.75) is 39.0 Å². The first kappa shape index (κ1) is 14.1. The van der Waals surface area contributed by atoms with Crippen molar-refractivity contribution in [3.8, 4) is 0 Å². The normalized spacial score (nSPS) is 18.7. The summed E-state index contributed by atoms with van der Waals surface area (Å²) >= 11 is 0. The van der Waals surface area contributed by atoms with Crippen molar-refractivity contribution in [3.63, 3.8) is 0 Å². The predicted molar refractivity (Wildman–Crippen MR) is 83.4 cm³/mol. The summed E-state index contributed by atoms with van der Waals surface area (Å²) < 4.78 is 7.06. The second-order valence-corrected chi connectivity index (χ2v) is 5.91. The molecule has 0 amide bonds. The fourth-order valence-corrected chi connectivity index (χ4v) is 3.11. The lowest BCUT2D eigenvalue weighted by Crippen LogP contribution is -2.36. The molecular weight excluding hydrogens is 294 g/mol. The minimum atomic E-state index is 0.278. The van der Waals surface area contributed by atoms with Crippen LogP contribution in [-0.4, -0.2) is 42.8 Å². The molecular formula is C15H19N7O. The zero-order chi connectivity index (χ0) is 15.8. The Labute approximate surface area is 133 Å². The number of aryl methyl sites for hydroxylation is 2. The lowest BCUT2D eigenvalue weighted by atomic mass is 9.97. The van der Waals surface area contributed by atoms with Gasteiger partial charge in [0, 0.05) is 37.2 Å². The van der Waals surface area contributed by atoms with Crippen LogP contribution in [0.2, 0.25) is 0 Å². The van der Waals surface area contributed by atoms with Gasteiger partial charge in [-0.25, -0.2) is 4.98 Å². The van der Waals surface area contributed by atoms with Crippen molar-refractivity contribution in [1.29, 1.82) is 0 Å². The highest BCUT2D eigenvalue weighted by molar-refractivity contribution is 5.47. The molecule has 1 fully saturated rings. The van der Waals surface area contributed by atoms with Crippen molar-refractivity contribution < 1.29 is 4.52 Å². The van der Waals surface area contributed by atoms with Crippen LogP contribution in [0.4, 0.5) is 5.82 Å². The van der Waals surface area contributed by atoms with Gasteiger partial charge >= 0.3 is 0 Å². The Morgan fingerprint density at radius 3 is 3.09 bits per heavy atom. The number of hydrogen-bond acceptors (Lipinski definition) is 7. The third kappa shape index (κ3) is 2.54. The average Bonchev–Trinajstić information content (AvgIpc) is 3.23. The molecule has 23 heavy (non-hydrogen) atoms. The second-order valence-electron chi connectivity index (χ2n) is 5.91. The maximum absolute atomic E-state index is 5.27. The molecule has 3 aromatic heterocycles. The van der Waals surface area contributed by atoms with Gasteiger partial charge in [0.1, 0.15) is 12.1 Å². The summed E-state index contributed by atoms with van der Waals surface area (Å²) in [5.41, 5.74) is 0.940. The summed E-state index contributed by atoms with van der Waals surface area (Å²) in [4.78, 5) is 15.4. The minimum Gasteiger partial charge on any atom is -0.356 e. The van der Waals surface area contributed by atoms with Crippen molar-refractivity contribution in [1.82, 2.24) is 29.7 Å². The summed E-state index contributed by atoms with van der Waals surface area (Å²) in [6.07, 6.45) is 4.47. The highest BCUT2D eigenvalue weighted by Gasteiger charge is 2.27. The van der Waals surface area contributed by atoms with E-state index >= 15 is 0 Å². The maximum Gasteiger partial charge on any atom is 0.254 e. The van der Waals surface area contributed by atoms with Crippen LogP contribution in [-0.2, 0) is 6.42 Å². The first-order valence-electron chi connectivity index (χ1n) is 7.99. The van der Waals surface area contributed by atoms with E-state index in [4.69, 9.17) is 4.52 Å². The van der Waals surface area contributed by atoms with Gasteiger partial charge in [0.15, 0.2) is 5.82 Å². The average molecular weight is 313 g/mol. The Morgan fingerprint density at radius 1 is 1.35 bits per heavy atom. The van der Waals surface area contributed by atoms with E-state index in [9.17, 15) is 0 Å². The van der Waals surface area contributed by atoms with Gasteiger partial charge in [-0.05, 0) is 19.8 Å². The molecule has 0 saturated carbocycles. The smallest absolute Gasteiger partial charge is 0.254 e. The largest absolute Gasteiger partial charge is 0.356 e. The topological polar surface area (TPSA) is 85.2 Å². The van der Waals surface area contributed by atoms with Crippen LogP contribution < -0.4 is 4.90 Å². The number of nitrogens with zero attached hydrogens (tertiary/aromatic N) is 7. The lowest BCUT2D eigenvalue weighted by Gasteiger charge is -2.32. The molecule has 0 aliphatic carbocycles. The van der Waals surface area contributed by atoms with Gasteiger partial charge in [-0.15, -0.1) is 0 Å². The molecule has 0 bridgehead atoms. The number of rotatable bonds is 3. The molecule has 3 aromatic rings. The van der Waals surface area contributed by atoms with Crippen LogP contribution in [0.3, 0.4) is 0 Å². The van der Waals surface area contributed by atoms with Crippen LogP contribution in [0.5, 0.6) is 0 Å². The number of hydrogen-bond donors (Lipinski definition) is 0. The summed E-state index contributed by atoms with van der Waals surface area (Å²) in [6.45, 7) is 5.83. The molecule has 0 radical (unpaired) electrons. The Bertz CT molecular complexity index is 824. The van der Waals surface area contributed by atoms with Gasteiger partial charge in [0.2, 0.25) is 5.89 Å². The predicted octanol–water partition coefficient (Wildman–Crippen LogP) is 1.76. The van der Waals surface area contributed by atoms with Gasteiger partial charge in [-0.2, -0.15) is 19.6 Å². The van der Waals surface area contributed by atoms with Gasteiger partial charge in [0.05, 0.1) is 0 Å². The molecule has 1 aliphatic heterocycles. The summed E-state index contributed by atoms with van der Waals surface area (Å²) in [5, 5.41) is 8.45. The van der Waals surface area contributed by atoms with Gasteiger partial charge in [-0.3, -0.25) is 0 Å². The molecule has 1 saturated heterocycles. The Hall–Kier alpha value is -2.51. The molecule has 8 nitrogen and oxygen atoms in total. The van der Waals surface area contributed by atoms with Crippen molar-refractivity contribution >= 4 is 11.6 Å². The number of anilines is 1. The third-order valence-corrected chi connectivity index (χ3v) is 4.26. The first-order valence-corrected chi connectivity index (χ1v) is 7.99. The quantitative estimate of drug-likeness (QED) is 0.728. The van der Waals surface area contributed by atoms with Crippen molar-refractivity contribution in [2.75, 3.05) is 18.0 Å². The van der Waals surface area contributed by atoms with Crippen molar-refractivity contribution in [2.24, 2.45) is 0 Å². The number of piperidine rings is 1. The molecule has 120 valence electrons. The fraction of sp³-hybridized carbons (Fsp3) is 0.533. The van der Waals surface area contributed by atoms with Crippen LogP contribution in [0.1, 0.15) is 43.1 Å². The summed E-state index contributed by atoms with van der Waals surface area (Å²) in [5.74, 6) is 3.45. The molecule has 0 spiro atoms. The SMILES string of the molecule is CCc1nc([C@H]2CCCN(c3cc(C)nc4ncnn34)C2)no1. The minimum absolute atomic E-state index is 0.278. The van der Waals surface area contributed by atoms with E-state index in [0.717, 1.165) is 49.7 Å². The van der Waals surface area contributed by atoms with Crippen LogP contribution >= 0.6 is 0 Å². The zero-order valence-corrected chi connectivity index (χ0v) is 13.3. The van der Waals surface area contributed by atoms with Crippen LogP contribution in [0.15, 0.2) is 16.9 Å².